The molecule has 1 aromatic heterocycles. The van der Waals surface area contributed by atoms with E-state index in [9.17, 15) is 22.8 Å². The van der Waals surface area contributed by atoms with Gasteiger partial charge >= 0.3 is 6.18 Å². The molecular weight excluding hydrogens is 529 g/mol. The predicted octanol–water partition coefficient (Wildman–Crippen LogP) is 4.84. The van der Waals surface area contributed by atoms with Crippen LogP contribution in [-0.2, 0) is 19.4 Å². The first-order valence-corrected chi connectivity index (χ1v) is 14.6. The fourth-order valence-electron chi connectivity index (χ4n) is 5.90. The second-order valence-corrected chi connectivity index (χ2v) is 11.8. The molecule has 3 aliphatic rings. The highest BCUT2D eigenvalue weighted by atomic mass is 32.1. The van der Waals surface area contributed by atoms with Gasteiger partial charge in [0.25, 0.3) is 17.0 Å². The molecule has 39 heavy (non-hydrogen) atoms. The van der Waals surface area contributed by atoms with Gasteiger partial charge in [0.05, 0.1) is 5.69 Å². The molecule has 1 aromatic carbocycles. The van der Waals surface area contributed by atoms with Gasteiger partial charge in [-0.05, 0) is 75.6 Å². The largest absolute Gasteiger partial charge is 0.460 e. The van der Waals surface area contributed by atoms with Gasteiger partial charge in [-0.25, -0.2) is 4.98 Å². The number of halogens is 3. The van der Waals surface area contributed by atoms with E-state index in [0.29, 0.717) is 30.1 Å². The minimum atomic E-state index is -4.36. The summed E-state index contributed by atoms with van der Waals surface area (Å²) in [5.74, 6) is 0.532. The highest BCUT2D eigenvalue weighted by molar-refractivity contribution is 7.13. The first kappa shape index (κ1) is 27.9. The summed E-state index contributed by atoms with van der Waals surface area (Å²) < 4.78 is 42.1. The zero-order valence-corrected chi connectivity index (χ0v) is 23.0. The van der Waals surface area contributed by atoms with E-state index in [0.717, 1.165) is 80.7 Å². The van der Waals surface area contributed by atoms with Crippen LogP contribution < -0.4 is 10.1 Å². The van der Waals surface area contributed by atoms with E-state index in [-0.39, 0.29) is 23.0 Å². The molecule has 1 saturated carbocycles. The number of ether oxygens (including phenoxy) is 1. The molecule has 2 amide bonds. The topological polar surface area (TPSA) is 74.8 Å². The molecule has 0 spiro atoms. The molecule has 1 fully saturated rings. The second-order valence-electron chi connectivity index (χ2n) is 10.7. The summed E-state index contributed by atoms with van der Waals surface area (Å²) in [7, 11) is 0. The maximum Gasteiger partial charge on any atom is 0.422 e. The number of thiazole rings is 1. The highest BCUT2D eigenvalue weighted by Gasteiger charge is 2.32. The maximum absolute atomic E-state index is 13.1. The number of carbonyl (C=O) groups excluding carboxylic acids is 2. The molecule has 212 valence electrons. The third-order valence-electron chi connectivity index (χ3n) is 8.14. The zero-order valence-electron chi connectivity index (χ0n) is 22.2. The number of fused-ring (bicyclic) bond motifs is 2. The zero-order chi connectivity index (χ0) is 27.6. The van der Waals surface area contributed by atoms with E-state index in [1.165, 1.54) is 11.3 Å². The van der Waals surface area contributed by atoms with Gasteiger partial charge in [0.2, 0.25) is 0 Å². The average Bonchev–Trinajstić information content (AvgIpc) is 3.41. The Bertz CT molecular complexity index is 1170. The summed E-state index contributed by atoms with van der Waals surface area (Å²) in [5.41, 5.74) is 2.96. The van der Waals surface area contributed by atoms with Crippen LogP contribution in [0.1, 0.15) is 75.9 Å². The summed E-state index contributed by atoms with van der Waals surface area (Å²) in [6.45, 7) is 4.48. The second kappa shape index (κ2) is 11.8. The molecule has 2 aromatic rings. The van der Waals surface area contributed by atoms with Crippen molar-refractivity contribution in [2.75, 3.05) is 32.8 Å². The lowest BCUT2D eigenvalue weighted by Gasteiger charge is -2.31. The summed E-state index contributed by atoms with van der Waals surface area (Å²) in [6.07, 6.45) is 2.30. The minimum absolute atomic E-state index is 0.00126. The lowest BCUT2D eigenvalue weighted by Crippen LogP contribution is -2.38. The quantitative estimate of drug-likeness (QED) is 0.497. The monoisotopic (exact) mass is 564 g/mol. The van der Waals surface area contributed by atoms with Crippen LogP contribution in [-0.4, -0.2) is 71.6 Å². The summed E-state index contributed by atoms with van der Waals surface area (Å²) >= 11 is 1.24. The first-order valence-electron chi connectivity index (χ1n) is 13.8. The van der Waals surface area contributed by atoms with Crippen LogP contribution in [0.3, 0.4) is 0 Å². The van der Waals surface area contributed by atoms with Gasteiger partial charge in [0, 0.05) is 54.6 Å². The number of hydrogen-bond acceptors (Lipinski definition) is 6. The number of nitrogens with one attached hydrogen (secondary N) is 1. The Morgan fingerprint density at radius 1 is 1.18 bits per heavy atom. The predicted molar refractivity (Wildman–Crippen MR) is 142 cm³/mol. The third kappa shape index (κ3) is 6.74. The van der Waals surface area contributed by atoms with E-state index in [2.05, 4.69) is 15.2 Å². The number of aromatic nitrogens is 1. The van der Waals surface area contributed by atoms with Crippen LogP contribution in [0.15, 0.2) is 18.2 Å². The van der Waals surface area contributed by atoms with Crippen LogP contribution in [0.5, 0.6) is 5.19 Å². The molecular formula is C28H35F3N4O3S. The molecule has 0 saturated heterocycles. The van der Waals surface area contributed by atoms with Crippen molar-refractivity contribution < 1.29 is 27.5 Å². The third-order valence-corrected chi connectivity index (χ3v) is 9.21. The van der Waals surface area contributed by atoms with E-state index in [4.69, 9.17) is 4.74 Å². The molecule has 3 heterocycles. The summed E-state index contributed by atoms with van der Waals surface area (Å²) in [5, 5.41) is 3.33. The van der Waals surface area contributed by atoms with Gasteiger partial charge in [-0.1, -0.05) is 17.4 Å². The normalized spacial score (nSPS) is 21.8. The Morgan fingerprint density at radius 3 is 2.69 bits per heavy atom. The van der Waals surface area contributed by atoms with Crippen molar-refractivity contribution in [3.63, 3.8) is 0 Å². The van der Waals surface area contributed by atoms with Gasteiger partial charge in [0.1, 0.15) is 0 Å². The maximum atomic E-state index is 13.1. The molecule has 1 N–H and O–H groups in total. The lowest BCUT2D eigenvalue weighted by atomic mass is 9.84. The standard InChI is InChI=1S/C28H35F3N4O3S/c1-2-35-16-22-20(4-3-5-21(22)26(35)37)25(36)32-19-8-6-18(7-9-19)10-13-34-14-11-23-24(12-15-34)39-27(33-23)38-17-28(29,30)31/h3-5,18-19H,2,6-17H2,1H3,(H,32,36). The number of amides is 2. The Kier molecular flexibility index (Phi) is 8.46. The van der Waals surface area contributed by atoms with Crippen molar-refractivity contribution in [3.8, 4) is 5.19 Å². The fraction of sp³-hybridized carbons (Fsp3) is 0.607. The Balaban J connectivity index is 1.04. The number of carbonyl (C=O) groups is 2. The number of benzene rings is 1. The Labute approximate surface area is 230 Å². The van der Waals surface area contributed by atoms with Crippen molar-refractivity contribution in [1.82, 2.24) is 20.1 Å². The molecule has 5 rings (SSSR count). The molecule has 0 radical (unpaired) electrons. The van der Waals surface area contributed by atoms with E-state index in [1.54, 1.807) is 17.0 Å². The lowest BCUT2D eigenvalue weighted by molar-refractivity contribution is -0.153. The van der Waals surface area contributed by atoms with Crippen molar-refractivity contribution in [2.45, 2.75) is 70.6 Å². The van der Waals surface area contributed by atoms with Gasteiger partial charge in [-0.3, -0.25) is 9.59 Å². The van der Waals surface area contributed by atoms with Crippen LogP contribution in [0.4, 0.5) is 13.2 Å². The highest BCUT2D eigenvalue weighted by Crippen LogP contribution is 2.31. The SMILES string of the molecule is CCN1Cc2c(C(=O)NC3CCC(CCN4CCc5nc(OCC(F)(F)F)sc5CC4)CC3)cccc2C1=O. The summed E-state index contributed by atoms with van der Waals surface area (Å²) in [6, 6.07) is 5.57. The smallest absolute Gasteiger partial charge is 0.422 e. The molecule has 0 unspecified atom stereocenters. The fourth-order valence-corrected chi connectivity index (χ4v) is 6.84. The molecule has 2 aliphatic heterocycles. The van der Waals surface area contributed by atoms with Crippen molar-refractivity contribution in [2.24, 2.45) is 5.92 Å². The van der Waals surface area contributed by atoms with Gasteiger partial charge in [0.15, 0.2) is 6.61 Å². The summed E-state index contributed by atoms with van der Waals surface area (Å²) in [4.78, 5) is 35.1. The molecule has 0 atom stereocenters. The number of alkyl halides is 3. The van der Waals surface area contributed by atoms with Crippen LogP contribution >= 0.6 is 11.3 Å². The van der Waals surface area contributed by atoms with E-state index >= 15 is 0 Å². The Hall–Kier alpha value is -2.66. The van der Waals surface area contributed by atoms with E-state index in [1.807, 2.05) is 13.0 Å². The Morgan fingerprint density at radius 2 is 1.95 bits per heavy atom. The van der Waals surface area contributed by atoms with Crippen molar-refractivity contribution in [3.05, 3.63) is 45.5 Å². The first-order chi connectivity index (χ1) is 18.7. The average molecular weight is 565 g/mol. The number of nitrogens with zero attached hydrogens (tertiary/aromatic N) is 3. The van der Waals surface area contributed by atoms with Crippen LogP contribution in [0, 0.1) is 5.92 Å². The minimum Gasteiger partial charge on any atom is -0.460 e. The molecule has 7 nitrogen and oxygen atoms in total. The van der Waals surface area contributed by atoms with Gasteiger partial charge < -0.3 is 19.9 Å². The van der Waals surface area contributed by atoms with Gasteiger partial charge in [-0.2, -0.15) is 13.2 Å². The van der Waals surface area contributed by atoms with Crippen molar-refractivity contribution in [1.29, 1.82) is 0 Å². The van der Waals surface area contributed by atoms with E-state index < -0.39 is 12.8 Å². The van der Waals surface area contributed by atoms with Crippen molar-refractivity contribution >= 4 is 23.2 Å². The molecule has 0 bridgehead atoms. The molecule has 1 aliphatic carbocycles. The number of rotatable bonds is 8. The van der Waals surface area contributed by atoms with Crippen LogP contribution in [0.25, 0.3) is 0 Å². The number of hydrogen-bond donors (Lipinski definition) is 1. The van der Waals surface area contributed by atoms with Gasteiger partial charge in [-0.15, -0.1) is 0 Å². The van der Waals surface area contributed by atoms with Crippen LogP contribution in [0.2, 0.25) is 0 Å². The molecule has 11 heteroatoms.